The zero-order valence-corrected chi connectivity index (χ0v) is 28.1. The van der Waals surface area contributed by atoms with E-state index in [1.807, 2.05) is 0 Å². The third-order valence-electron chi connectivity index (χ3n) is 6.71. The molecule has 1 unspecified atom stereocenters. The van der Waals surface area contributed by atoms with Crippen LogP contribution in [0.3, 0.4) is 0 Å². The minimum absolute atomic E-state index is 0.247. The number of benzene rings is 3. The lowest BCUT2D eigenvalue weighted by Crippen LogP contribution is -2.27. The van der Waals surface area contributed by atoms with Crippen LogP contribution in [0.15, 0.2) is 76.0 Å². The van der Waals surface area contributed by atoms with Crippen LogP contribution in [0, 0.1) is 5.82 Å². The molecule has 12 heteroatoms. The Labute approximate surface area is 271 Å². The van der Waals surface area contributed by atoms with Crippen molar-refractivity contribution in [1.29, 1.82) is 0 Å². The van der Waals surface area contributed by atoms with Gasteiger partial charge in [0.1, 0.15) is 17.0 Å². The number of anilines is 2. The molecule has 2 N–H and O–H groups in total. The van der Waals surface area contributed by atoms with Crippen LogP contribution in [0.4, 0.5) is 25.4 Å². The van der Waals surface area contributed by atoms with Crippen LogP contribution in [-0.4, -0.2) is 38.8 Å². The number of amides is 3. The van der Waals surface area contributed by atoms with E-state index in [2.05, 4.69) is 15.0 Å². The Hall–Kier alpha value is -4.29. The van der Waals surface area contributed by atoms with Crippen LogP contribution in [0.5, 0.6) is 0 Å². The molecule has 0 radical (unpaired) electrons. The fraction of sp³-hybridized carbons (Fsp3) is 0.324. The lowest BCUT2D eigenvalue weighted by molar-refractivity contribution is 0.0603. The van der Waals surface area contributed by atoms with E-state index < -0.39 is 39.0 Å². The first-order valence-electron chi connectivity index (χ1n) is 14.7. The Kier molecular flexibility index (Phi) is 8.98. The normalized spacial score (nSPS) is 14.7. The fourth-order valence-electron chi connectivity index (χ4n) is 4.59. The van der Waals surface area contributed by atoms with Gasteiger partial charge < -0.3 is 14.8 Å². The van der Waals surface area contributed by atoms with Gasteiger partial charge in [0.15, 0.2) is 0 Å². The van der Waals surface area contributed by atoms with Crippen LogP contribution in [0.2, 0.25) is 0 Å². The number of nitrogens with one attached hydrogen (secondary N) is 2. The summed E-state index contributed by atoms with van der Waals surface area (Å²) >= 11 is 1.24. The number of halogens is 1. The molecule has 1 aliphatic carbocycles. The Bertz CT molecular complexity index is 1940. The fourth-order valence-corrected chi connectivity index (χ4v) is 7.76. The second kappa shape index (κ2) is 12.5. The van der Waals surface area contributed by atoms with E-state index in [0.29, 0.717) is 50.5 Å². The molecule has 1 atom stereocenters. The number of carbonyl (C=O) groups is 3. The van der Waals surface area contributed by atoms with Crippen molar-refractivity contribution in [2.24, 2.45) is 4.36 Å². The molecule has 0 aliphatic heterocycles. The van der Waals surface area contributed by atoms with Crippen molar-refractivity contribution < 1.29 is 32.5 Å². The summed E-state index contributed by atoms with van der Waals surface area (Å²) in [6.45, 7) is 10.4. The van der Waals surface area contributed by atoms with Crippen molar-refractivity contribution in [2.75, 3.05) is 10.6 Å². The number of nitrogens with zero attached hydrogens (tertiary/aromatic N) is 1. The van der Waals surface area contributed by atoms with E-state index in [0.717, 1.165) is 4.70 Å². The Morgan fingerprint density at radius 2 is 1.48 bits per heavy atom. The smallest absolute Gasteiger partial charge is 0.442 e. The molecule has 46 heavy (non-hydrogen) atoms. The molecule has 1 aliphatic rings. The van der Waals surface area contributed by atoms with Crippen molar-refractivity contribution in [1.82, 2.24) is 0 Å². The maximum atomic E-state index is 14.0. The molecule has 1 heterocycles. The predicted octanol–water partition coefficient (Wildman–Crippen LogP) is 9.23. The minimum atomic E-state index is -3.08. The van der Waals surface area contributed by atoms with E-state index in [4.69, 9.17) is 9.47 Å². The van der Waals surface area contributed by atoms with Gasteiger partial charge in [0.2, 0.25) is 0 Å². The van der Waals surface area contributed by atoms with Gasteiger partial charge in [0.25, 0.3) is 5.91 Å². The Morgan fingerprint density at radius 1 is 0.826 bits per heavy atom. The van der Waals surface area contributed by atoms with Crippen LogP contribution >= 0.6 is 11.3 Å². The lowest BCUT2D eigenvalue weighted by Gasteiger charge is -2.21. The second-order valence-electron chi connectivity index (χ2n) is 13.0. The van der Waals surface area contributed by atoms with Gasteiger partial charge in [0, 0.05) is 14.8 Å². The molecule has 1 fully saturated rings. The predicted molar refractivity (Wildman–Crippen MR) is 180 cm³/mol. The zero-order chi connectivity index (χ0) is 33.4. The highest BCUT2D eigenvalue weighted by atomic mass is 32.2. The number of hydrogen-bond acceptors (Lipinski definition) is 7. The molecule has 0 bridgehead atoms. The highest BCUT2D eigenvalue weighted by Crippen LogP contribution is 2.38. The number of ether oxygens (including phenoxy) is 2. The molecule has 1 saturated carbocycles. The molecule has 242 valence electrons. The number of thiophene rings is 1. The highest BCUT2D eigenvalue weighted by molar-refractivity contribution is 7.94. The average Bonchev–Trinajstić information content (AvgIpc) is 3.71. The topological polar surface area (TPSA) is 123 Å². The van der Waals surface area contributed by atoms with Crippen LogP contribution in [0.1, 0.15) is 64.1 Å². The molecular weight excluding hydrogens is 630 g/mol. The third kappa shape index (κ3) is 8.10. The quantitative estimate of drug-likeness (QED) is 0.212. The molecule has 4 aromatic rings. The number of hydrogen-bond donors (Lipinski definition) is 2. The van der Waals surface area contributed by atoms with Crippen LogP contribution in [-0.2, 0) is 19.2 Å². The Morgan fingerprint density at radius 3 is 2.11 bits per heavy atom. The van der Waals surface area contributed by atoms with Crippen molar-refractivity contribution >= 4 is 60.6 Å². The monoisotopic (exact) mass is 665 g/mol. The summed E-state index contributed by atoms with van der Waals surface area (Å²) in [6.07, 6.45) is -0.176. The summed E-state index contributed by atoms with van der Waals surface area (Å²) in [4.78, 5) is 39.5. The first-order valence-corrected chi connectivity index (χ1v) is 17.1. The summed E-state index contributed by atoms with van der Waals surface area (Å²) in [5, 5.41) is 6.01. The van der Waals surface area contributed by atoms with Gasteiger partial charge in [-0.05, 0) is 119 Å². The summed E-state index contributed by atoms with van der Waals surface area (Å²) < 4.78 is 43.2. The largest absolute Gasteiger partial charge is 0.444 e. The minimum Gasteiger partial charge on any atom is -0.444 e. The highest BCUT2D eigenvalue weighted by Gasteiger charge is 2.37. The summed E-state index contributed by atoms with van der Waals surface area (Å²) in [5.41, 5.74) is 0.514. The maximum Gasteiger partial charge on any atom is 0.442 e. The SMILES string of the molecule is CC(C)(C)OC(=O)N=S(=O)(c1ccc2sc(C(=O)Nc3cc(-c4ccc(F)cc4)ccc3NC(=O)OC(C)(C)C)cc2c1)C1CC1. The van der Waals surface area contributed by atoms with Crippen LogP contribution in [0.25, 0.3) is 21.2 Å². The number of fused-ring (bicyclic) bond motifs is 1. The van der Waals surface area contributed by atoms with E-state index in [1.54, 1.807) is 96.1 Å². The zero-order valence-electron chi connectivity index (χ0n) is 26.4. The summed E-state index contributed by atoms with van der Waals surface area (Å²) in [7, 11) is -3.08. The van der Waals surface area contributed by atoms with Gasteiger partial charge in [-0.3, -0.25) is 10.1 Å². The van der Waals surface area contributed by atoms with E-state index in [-0.39, 0.29) is 11.1 Å². The molecule has 5 rings (SSSR count). The second-order valence-corrected chi connectivity index (χ2v) is 16.5. The van der Waals surface area contributed by atoms with Gasteiger partial charge >= 0.3 is 12.2 Å². The van der Waals surface area contributed by atoms with E-state index in [9.17, 15) is 23.0 Å². The first kappa shape index (κ1) is 33.1. The van der Waals surface area contributed by atoms with Gasteiger partial charge in [-0.15, -0.1) is 15.7 Å². The third-order valence-corrected chi connectivity index (χ3v) is 10.5. The number of carbonyl (C=O) groups excluding carboxylic acids is 3. The Balaban J connectivity index is 1.46. The standard InChI is InChI=1S/C34H36FN3O6S2/c1-33(2,3)43-31(40)37-26-15-9-21(20-7-10-23(35)11-8-20)18-27(26)36-30(39)29-19-22-17-25(14-16-28(22)45-29)46(42,24-12-13-24)38-32(41)44-34(4,5)6/h7-11,14-19,24H,12-13H2,1-6H3,(H,36,39)(H,37,40). The van der Waals surface area contributed by atoms with Gasteiger partial charge in [-0.2, -0.15) is 0 Å². The molecule has 9 nitrogen and oxygen atoms in total. The van der Waals surface area contributed by atoms with Gasteiger partial charge in [-0.25, -0.2) is 18.2 Å². The van der Waals surface area contributed by atoms with Gasteiger partial charge in [0.05, 0.1) is 26.0 Å². The maximum absolute atomic E-state index is 14.0. The summed E-state index contributed by atoms with van der Waals surface area (Å²) in [5.74, 6) is -0.813. The molecule has 3 amide bonds. The van der Waals surface area contributed by atoms with E-state index >= 15 is 0 Å². The molecule has 3 aromatic carbocycles. The molecule has 0 saturated heterocycles. The van der Waals surface area contributed by atoms with Crippen molar-refractivity contribution in [3.05, 3.63) is 77.4 Å². The summed E-state index contributed by atoms with van der Waals surface area (Å²) in [6, 6.07) is 17.8. The van der Waals surface area contributed by atoms with E-state index in [1.165, 1.54) is 23.5 Å². The average molecular weight is 666 g/mol. The number of rotatable bonds is 6. The van der Waals surface area contributed by atoms with Crippen molar-refractivity contribution in [3.63, 3.8) is 0 Å². The van der Waals surface area contributed by atoms with Crippen molar-refractivity contribution in [3.8, 4) is 11.1 Å². The molecular formula is C34H36FN3O6S2. The first-order chi connectivity index (χ1) is 21.5. The van der Waals surface area contributed by atoms with Crippen molar-refractivity contribution in [2.45, 2.75) is 75.7 Å². The molecule has 0 spiro atoms. The lowest BCUT2D eigenvalue weighted by atomic mass is 10.0. The van der Waals surface area contributed by atoms with Crippen LogP contribution < -0.4 is 10.6 Å². The van der Waals surface area contributed by atoms with Gasteiger partial charge in [-0.1, -0.05) is 18.2 Å². The molecule has 1 aromatic heterocycles.